The van der Waals surface area contributed by atoms with Crippen LogP contribution in [0, 0.1) is 5.82 Å². The molecule has 2 nitrogen and oxygen atoms in total. The lowest BCUT2D eigenvalue weighted by Gasteiger charge is -2.02. The summed E-state index contributed by atoms with van der Waals surface area (Å²) in [7, 11) is 0. The number of carbonyl (C=O) groups excluding carboxylic acids is 1. The summed E-state index contributed by atoms with van der Waals surface area (Å²) in [6.45, 7) is 0. The van der Waals surface area contributed by atoms with Crippen LogP contribution in [0.3, 0.4) is 0 Å². The molecule has 0 bridgehead atoms. The van der Waals surface area contributed by atoms with Crippen LogP contribution in [0.1, 0.15) is 18.4 Å². The first-order valence-electron chi connectivity index (χ1n) is 4.78. The van der Waals surface area contributed by atoms with E-state index >= 15 is 0 Å². The molecule has 1 aromatic carbocycles. The van der Waals surface area contributed by atoms with Crippen molar-refractivity contribution in [2.45, 2.75) is 25.3 Å². The molecule has 0 unspecified atom stereocenters. The number of amides is 1. The zero-order valence-corrected chi connectivity index (χ0v) is 7.79. The van der Waals surface area contributed by atoms with E-state index in [-0.39, 0.29) is 18.1 Å². The predicted molar refractivity (Wildman–Crippen MR) is 51.3 cm³/mol. The van der Waals surface area contributed by atoms with E-state index in [9.17, 15) is 9.18 Å². The number of halogens is 1. The van der Waals surface area contributed by atoms with Gasteiger partial charge in [0.05, 0.1) is 6.42 Å². The molecule has 1 aliphatic rings. The van der Waals surface area contributed by atoms with Crippen LogP contribution < -0.4 is 5.32 Å². The Morgan fingerprint density at radius 3 is 2.93 bits per heavy atom. The Morgan fingerprint density at radius 2 is 2.29 bits per heavy atom. The third-order valence-electron chi connectivity index (χ3n) is 2.20. The molecule has 1 fully saturated rings. The summed E-state index contributed by atoms with van der Waals surface area (Å²) in [5.74, 6) is -0.306. The molecule has 74 valence electrons. The first kappa shape index (κ1) is 9.19. The minimum absolute atomic E-state index is 0.0156. The van der Waals surface area contributed by atoms with Gasteiger partial charge in [-0.1, -0.05) is 12.1 Å². The Labute approximate surface area is 82.1 Å². The zero-order valence-electron chi connectivity index (χ0n) is 7.79. The van der Waals surface area contributed by atoms with Crippen LogP contribution in [0.4, 0.5) is 4.39 Å². The first-order valence-corrected chi connectivity index (χ1v) is 4.78. The fourth-order valence-corrected chi connectivity index (χ4v) is 1.34. The van der Waals surface area contributed by atoms with Crippen LogP contribution in [0.25, 0.3) is 0 Å². The molecule has 1 aromatic rings. The molecular formula is C11H12FNO. The van der Waals surface area contributed by atoms with Crippen LogP contribution >= 0.6 is 0 Å². The second-order valence-corrected chi connectivity index (χ2v) is 3.65. The van der Waals surface area contributed by atoms with Crippen molar-refractivity contribution >= 4 is 5.91 Å². The zero-order chi connectivity index (χ0) is 9.97. The van der Waals surface area contributed by atoms with Crippen LogP contribution in [-0.4, -0.2) is 11.9 Å². The van der Waals surface area contributed by atoms with Gasteiger partial charge in [0, 0.05) is 6.04 Å². The summed E-state index contributed by atoms with van der Waals surface area (Å²) in [6.07, 6.45) is 2.43. The van der Waals surface area contributed by atoms with Gasteiger partial charge in [-0.05, 0) is 30.5 Å². The van der Waals surface area contributed by atoms with Crippen molar-refractivity contribution in [3.63, 3.8) is 0 Å². The summed E-state index contributed by atoms with van der Waals surface area (Å²) in [5, 5.41) is 2.86. The van der Waals surface area contributed by atoms with Gasteiger partial charge in [0.2, 0.25) is 5.91 Å². The highest BCUT2D eigenvalue weighted by Gasteiger charge is 2.22. The van der Waals surface area contributed by atoms with Crippen molar-refractivity contribution in [2.75, 3.05) is 0 Å². The van der Waals surface area contributed by atoms with Crippen molar-refractivity contribution in [1.29, 1.82) is 0 Å². The largest absolute Gasteiger partial charge is 0.353 e. The van der Waals surface area contributed by atoms with Gasteiger partial charge in [0.15, 0.2) is 0 Å². The molecule has 1 aliphatic carbocycles. The third kappa shape index (κ3) is 2.55. The van der Waals surface area contributed by atoms with Gasteiger partial charge < -0.3 is 5.32 Å². The minimum Gasteiger partial charge on any atom is -0.353 e. The molecule has 0 aromatic heterocycles. The van der Waals surface area contributed by atoms with E-state index in [0.29, 0.717) is 6.04 Å². The Balaban J connectivity index is 1.92. The summed E-state index contributed by atoms with van der Waals surface area (Å²) in [6, 6.07) is 6.52. The van der Waals surface area contributed by atoms with Gasteiger partial charge in [-0.2, -0.15) is 0 Å². The van der Waals surface area contributed by atoms with E-state index in [1.54, 1.807) is 12.1 Å². The molecule has 0 aliphatic heterocycles. The minimum atomic E-state index is -0.290. The van der Waals surface area contributed by atoms with Gasteiger partial charge >= 0.3 is 0 Å². The quantitative estimate of drug-likeness (QED) is 0.777. The molecule has 1 amide bonds. The topological polar surface area (TPSA) is 29.1 Å². The Bertz CT molecular complexity index is 347. The van der Waals surface area contributed by atoms with E-state index in [4.69, 9.17) is 0 Å². The molecule has 0 atom stereocenters. The Morgan fingerprint density at radius 1 is 1.50 bits per heavy atom. The Kier molecular flexibility index (Phi) is 2.48. The first-order chi connectivity index (χ1) is 6.74. The maximum absolute atomic E-state index is 12.8. The lowest BCUT2D eigenvalue weighted by Crippen LogP contribution is -2.26. The average Bonchev–Trinajstić information content (AvgIpc) is 2.87. The molecule has 14 heavy (non-hydrogen) atoms. The van der Waals surface area contributed by atoms with E-state index in [2.05, 4.69) is 5.32 Å². The summed E-state index contributed by atoms with van der Waals surface area (Å²) >= 11 is 0. The summed E-state index contributed by atoms with van der Waals surface area (Å²) < 4.78 is 12.8. The van der Waals surface area contributed by atoms with Crippen LogP contribution in [0.2, 0.25) is 0 Å². The van der Waals surface area contributed by atoms with E-state index in [1.807, 2.05) is 0 Å². The van der Waals surface area contributed by atoms with Gasteiger partial charge in [-0.15, -0.1) is 0 Å². The molecule has 3 heteroatoms. The number of benzene rings is 1. The summed E-state index contributed by atoms with van der Waals surface area (Å²) in [5.41, 5.74) is 0.725. The predicted octanol–water partition coefficient (Wildman–Crippen LogP) is 1.65. The second kappa shape index (κ2) is 3.78. The monoisotopic (exact) mass is 193 g/mol. The molecular weight excluding hydrogens is 181 g/mol. The number of carbonyl (C=O) groups is 1. The molecule has 0 spiro atoms. The van der Waals surface area contributed by atoms with Gasteiger partial charge in [0.1, 0.15) is 5.82 Å². The molecule has 0 heterocycles. The highest BCUT2D eigenvalue weighted by molar-refractivity contribution is 5.79. The second-order valence-electron chi connectivity index (χ2n) is 3.65. The van der Waals surface area contributed by atoms with Crippen LogP contribution in [0.15, 0.2) is 24.3 Å². The molecule has 0 radical (unpaired) electrons. The van der Waals surface area contributed by atoms with Gasteiger partial charge in [-0.3, -0.25) is 4.79 Å². The van der Waals surface area contributed by atoms with Crippen LogP contribution in [0.5, 0.6) is 0 Å². The number of hydrogen-bond acceptors (Lipinski definition) is 1. The van der Waals surface area contributed by atoms with Crippen molar-refractivity contribution < 1.29 is 9.18 Å². The van der Waals surface area contributed by atoms with Crippen LogP contribution in [-0.2, 0) is 11.2 Å². The number of hydrogen-bond donors (Lipinski definition) is 1. The molecule has 2 rings (SSSR count). The SMILES string of the molecule is O=C(Cc1cccc(F)c1)NC1CC1. The maximum atomic E-state index is 12.8. The highest BCUT2D eigenvalue weighted by atomic mass is 19.1. The standard InChI is InChI=1S/C11H12FNO/c12-9-3-1-2-8(6-9)7-11(14)13-10-4-5-10/h1-3,6,10H,4-5,7H2,(H,13,14). The van der Waals surface area contributed by atoms with E-state index < -0.39 is 0 Å². The van der Waals surface area contributed by atoms with Crippen molar-refractivity contribution in [3.05, 3.63) is 35.6 Å². The highest BCUT2D eigenvalue weighted by Crippen LogP contribution is 2.18. The third-order valence-corrected chi connectivity index (χ3v) is 2.20. The smallest absolute Gasteiger partial charge is 0.224 e. The van der Waals surface area contributed by atoms with Crippen molar-refractivity contribution in [1.82, 2.24) is 5.32 Å². The van der Waals surface area contributed by atoms with Gasteiger partial charge in [-0.25, -0.2) is 4.39 Å². The van der Waals surface area contributed by atoms with Crippen molar-refractivity contribution in [3.8, 4) is 0 Å². The summed E-state index contributed by atoms with van der Waals surface area (Å²) in [4.78, 5) is 11.3. The fraction of sp³-hybridized carbons (Fsp3) is 0.364. The average molecular weight is 193 g/mol. The maximum Gasteiger partial charge on any atom is 0.224 e. The lowest BCUT2D eigenvalue weighted by molar-refractivity contribution is -0.120. The Hall–Kier alpha value is -1.38. The molecule has 0 saturated heterocycles. The molecule has 1 N–H and O–H groups in total. The van der Waals surface area contributed by atoms with Gasteiger partial charge in [0.25, 0.3) is 0 Å². The van der Waals surface area contributed by atoms with Crippen molar-refractivity contribution in [2.24, 2.45) is 0 Å². The van der Waals surface area contributed by atoms with E-state index in [1.165, 1.54) is 12.1 Å². The normalized spacial score (nSPS) is 15.2. The number of rotatable bonds is 3. The lowest BCUT2D eigenvalue weighted by atomic mass is 10.1. The number of nitrogens with one attached hydrogen (secondary N) is 1. The van der Waals surface area contributed by atoms with E-state index in [0.717, 1.165) is 18.4 Å². The fourth-order valence-electron chi connectivity index (χ4n) is 1.34. The molecule has 1 saturated carbocycles.